The van der Waals surface area contributed by atoms with Crippen LogP contribution < -0.4 is 5.32 Å². The van der Waals surface area contributed by atoms with E-state index in [4.69, 9.17) is 16.7 Å². The van der Waals surface area contributed by atoms with Crippen LogP contribution in [-0.2, 0) is 7.05 Å². The van der Waals surface area contributed by atoms with Gasteiger partial charge in [-0.3, -0.25) is 4.79 Å². The minimum atomic E-state index is -1.10. The lowest BCUT2D eigenvalue weighted by molar-refractivity contribution is 0.0698. The molecule has 5 nitrogen and oxygen atoms in total. The molecule has 1 aromatic carbocycles. The number of aryl methyl sites for hydroxylation is 1. The van der Waals surface area contributed by atoms with E-state index in [1.165, 1.54) is 18.2 Å². The molecule has 2 N–H and O–H groups in total. The number of carboxylic acid groups (broad SMARTS) is 1. The van der Waals surface area contributed by atoms with Crippen LogP contribution in [0.2, 0.25) is 5.02 Å². The maximum Gasteiger partial charge on any atom is 0.337 e. The minimum absolute atomic E-state index is 0.0381. The number of hydrogen-bond donors (Lipinski definition) is 2. The zero-order valence-electron chi connectivity index (χ0n) is 10.1. The molecule has 0 fully saturated rings. The van der Waals surface area contributed by atoms with E-state index in [0.717, 1.165) is 0 Å². The van der Waals surface area contributed by atoms with Gasteiger partial charge in [0.25, 0.3) is 5.91 Å². The van der Waals surface area contributed by atoms with E-state index >= 15 is 0 Å². The third kappa shape index (κ3) is 2.77. The van der Waals surface area contributed by atoms with Gasteiger partial charge >= 0.3 is 5.97 Å². The number of carboxylic acids is 1. The number of para-hydroxylation sites is 1. The van der Waals surface area contributed by atoms with Crippen LogP contribution in [0.1, 0.15) is 20.8 Å². The highest BCUT2D eigenvalue weighted by atomic mass is 35.5. The molecule has 0 aliphatic rings. The predicted molar refractivity (Wildman–Crippen MR) is 71.8 cm³/mol. The average molecular weight is 279 g/mol. The number of benzene rings is 1. The number of anilines is 1. The second-order valence-electron chi connectivity index (χ2n) is 3.96. The Kier molecular flexibility index (Phi) is 3.57. The lowest BCUT2D eigenvalue weighted by Crippen LogP contribution is -2.17. The minimum Gasteiger partial charge on any atom is -0.478 e. The Morgan fingerprint density at radius 3 is 2.58 bits per heavy atom. The molecule has 2 rings (SSSR count). The molecule has 0 aliphatic heterocycles. The van der Waals surface area contributed by atoms with Gasteiger partial charge < -0.3 is 15.0 Å². The van der Waals surface area contributed by atoms with Crippen molar-refractivity contribution in [2.75, 3.05) is 5.32 Å². The highest BCUT2D eigenvalue weighted by Crippen LogP contribution is 2.18. The van der Waals surface area contributed by atoms with Crippen molar-refractivity contribution in [2.45, 2.75) is 0 Å². The van der Waals surface area contributed by atoms with E-state index in [-0.39, 0.29) is 11.3 Å². The van der Waals surface area contributed by atoms with Gasteiger partial charge in [0.1, 0.15) is 5.69 Å². The fourth-order valence-electron chi connectivity index (χ4n) is 1.71. The van der Waals surface area contributed by atoms with Gasteiger partial charge in [-0.05, 0) is 18.2 Å². The molecule has 0 spiro atoms. The van der Waals surface area contributed by atoms with Gasteiger partial charge in [-0.2, -0.15) is 0 Å². The highest BCUT2D eigenvalue weighted by molar-refractivity contribution is 6.31. The summed E-state index contributed by atoms with van der Waals surface area (Å²) >= 11 is 5.80. The van der Waals surface area contributed by atoms with Crippen LogP contribution in [0.15, 0.2) is 36.5 Å². The van der Waals surface area contributed by atoms with Gasteiger partial charge in [0, 0.05) is 13.2 Å². The monoisotopic (exact) mass is 278 g/mol. The molecule has 6 heteroatoms. The third-order valence-corrected chi connectivity index (χ3v) is 2.82. The van der Waals surface area contributed by atoms with E-state index in [2.05, 4.69) is 5.32 Å². The third-order valence-electron chi connectivity index (χ3n) is 2.61. The van der Waals surface area contributed by atoms with Crippen LogP contribution in [-0.4, -0.2) is 21.6 Å². The SMILES string of the molecule is Cn1cc(Cl)cc1C(=O)Nc1ccccc1C(=O)O. The summed E-state index contributed by atoms with van der Waals surface area (Å²) in [4.78, 5) is 23.1. The fourth-order valence-corrected chi connectivity index (χ4v) is 1.96. The Hall–Kier alpha value is -2.27. The van der Waals surface area contributed by atoms with E-state index in [9.17, 15) is 9.59 Å². The number of aromatic nitrogens is 1. The average Bonchev–Trinajstić information content (AvgIpc) is 2.69. The summed E-state index contributed by atoms with van der Waals surface area (Å²) in [6.45, 7) is 0. The largest absolute Gasteiger partial charge is 0.478 e. The van der Waals surface area contributed by atoms with Gasteiger partial charge in [0.05, 0.1) is 16.3 Å². The Morgan fingerprint density at radius 1 is 1.32 bits per heavy atom. The molecule has 19 heavy (non-hydrogen) atoms. The summed E-state index contributed by atoms with van der Waals surface area (Å²) in [6, 6.07) is 7.72. The van der Waals surface area contributed by atoms with Crippen molar-refractivity contribution in [2.24, 2.45) is 7.05 Å². The molecule has 1 aromatic heterocycles. The van der Waals surface area contributed by atoms with E-state index < -0.39 is 11.9 Å². The number of carbonyl (C=O) groups is 2. The normalized spacial score (nSPS) is 10.2. The van der Waals surface area contributed by atoms with Crippen LogP contribution >= 0.6 is 11.6 Å². The zero-order valence-corrected chi connectivity index (χ0v) is 10.8. The summed E-state index contributed by atoms with van der Waals surface area (Å²) < 4.78 is 1.57. The molecule has 0 saturated carbocycles. The molecule has 2 aromatic rings. The first-order valence-electron chi connectivity index (χ1n) is 5.44. The van der Waals surface area contributed by atoms with E-state index in [1.54, 1.807) is 29.9 Å². The van der Waals surface area contributed by atoms with Crippen molar-refractivity contribution in [1.82, 2.24) is 4.57 Å². The standard InChI is InChI=1S/C13H11ClN2O3/c1-16-7-8(14)6-11(16)12(17)15-10-5-3-2-4-9(10)13(18)19/h2-7H,1H3,(H,15,17)(H,18,19). The first kappa shape index (κ1) is 13.2. The first-order chi connectivity index (χ1) is 8.99. The van der Waals surface area contributed by atoms with Crippen LogP contribution in [0, 0.1) is 0 Å². The predicted octanol–water partition coefficient (Wildman–Crippen LogP) is 2.63. The molecule has 1 amide bonds. The van der Waals surface area contributed by atoms with Crippen molar-refractivity contribution < 1.29 is 14.7 Å². The number of hydrogen-bond acceptors (Lipinski definition) is 2. The lowest BCUT2D eigenvalue weighted by Gasteiger charge is -2.08. The van der Waals surface area contributed by atoms with Gasteiger partial charge in [0.2, 0.25) is 0 Å². The van der Waals surface area contributed by atoms with E-state index in [1.807, 2.05) is 0 Å². The van der Waals surface area contributed by atoms with Gasteiger partial charge in [0.15, 0.2) is 0 Å². The highest BCUT2D eigenvalue weighted by Gasteiger charge is 2.15. The Bertz CT molecular complexity index is 649. The Morgan fingerprint density at radius 2 is 2.00 bits per heavy atom. The summed E-state index contributed by atoms with van der Waals surface area (Å²) in [5.41, 5.74) is 0.638. The lowest BCUT2D eigenvalue weighted by atomic mass is 10.2. The van der Waals surface area contributed by atoms with Gasteiger partial charge in [-0.1, -0.05) is 23.7 Å². The number of nitrogens with zero attached hydrogens (tertiary/aromatic N) is 1. The van der Waals surface area contributed by atoms with Crippen LogP contribution in [0.3, 0.4) is 0 Å². The van der Waals surface area contributed by atoms with Crippen molar-refractivity contribution >= 4 is 29.2 Å². The first-order valence-corrected chi connectivity index (χ1v) is 5.82. The Balaban J connectivity index is 2.29. The molecule has 98 valence electrons. The molecule has 0 radical (unpaired) electrons. The zero-order chi connectivity index (χ0) is 14.0. The summed E-state index contributed by atoms with van der Waals surface area (Å²) in [5, 5.41) is 12.0. The van der Waals surface area contributed by atoms with Crippen molar-refractivity contribution in [3.63, 3.8) is 0 Å². The number of aromatic carboxylic acids is 1. The number of carbonyl (C=O) groups excluding carboxylic acids is 1. The van der Waals surface area contributed by atoms with E-state index in [0.29, 0.717) is 10.7 Å². The second kappa shape index (κ2) is 5.16. The maximum atomic E-state index is 12.0. The molecular formula is C13H11ClN2O3. The van der Waals surface area contributed by atoms with Crippen molar-refractivity contribution in [1.29, 1.82) is 0 Å². The number of nitrogens with one attached hydrogen (secondary N) is 1. The maximum absolute atomic E-state index is 12.0. The second-order valence-corrected chi connectivity index (χ2v) is 4.40. The van der Waals surface area contributed by atoms with Crippen LogP contribution in [0.25, 0.3) is 0 Å². The van der Waals surface area contributed by atoms with Crippen molar-refractivity contribution in [3.05, 3.63) is 52.8 Å². The van der Waals surface area contributed by atoms with Gasteiger partial charge in [-0.15, -0.1) is 0 Å². The summed E-state index contributed by atoms with van der Waals surface area (Å²) in [5.74, 6) is -1.51. The molecule has 0 atom stereocenters. The number of rotatable bonds is 3. The molecule has 0 saturated heterocycles. The van der Waals surface area contributed by atoms with Crippen LogP contribution in [0.5, 0.6) is 0 Å². The molecule has 0 bridgehead atoms. The Labute approximate surface area is 114 Å². The smallest absolute Gasteiger partial charge is 0.337 e. The summed E-state index contributed by atoms with van der Waals surface area (Å²) in [7, 11) is 1.68. The van der Waals surface area contributed by atoms with Gasteiger partial charge in [-0.25, -0.2) is 4.79 Å². The number of halogens is 1. The quantitative estimate of drug-likeness (QED) is 0.906. The van der Waals surface area contributed by atoms with Crippen molar-refractivity contribution in [3.8, 4) is 0 Å². The molecular weight excluding hydrogens is 268 g/mol. The van der Waals surface area contributed by atoms with Crippen LogP contribution in [0.4, 0.5) is 5.69 Å². The molecule has 0 aliphatic carbocycles. The topological polar surface area (TPSA) is 71.3 Å². The number of amides is 1. The molecule has 1 heterocycles. The summed E-state index contributed by atoms with van der Waals surface area (Å²) in [6.07, 6.45) is 1.60. The molecule has 0 unspecified atom stereocenters. The fraction of sp³-hybridized carbons (Fsp3) is 0.0769.